The molecule has 0 N–H and O–H groups in total. The van der Waals surface area contributed by atoms with Gasteiger partial charge >= 0.3 is 0 Å². The Morgan fingerprint density at radius 1 is 1.64 bits per heavy atom. The van der Waals surface area contributed by atoms with E-state index in [4.69, 9.17) is 0 Å². The average molecular weight is 210 g/mol. The Balaban J connectivity index is 2.18. The molecule has 0 saturated carbocycles. The van der Waals surface area contributed by atoms with E-state index in [0.29, 0.717) is 12.8 Å². The number of hydrogen-bond donors (Lipinski definition) is 0. The van der Waals surface area contributed by atoms with Crippen LogP contribution in [0.5, 0.6) is 0 Å². The SMILES string of the molecule is CC(=O)CC1Cc2c(F)cccc2S1. The molecule has 1 nitrogen and oxygen atoms in total. The van der Waals surface area contributed by atoms with Crippen LogP contribution in [0.25, 0.3) is 0 Å². The maximum absolute atomic E-state index is 13.3. The molecule has 1 atom stereocenters. The molecule has 1 heterocycles. The number of ketones is 1. The molecule has 0 aromatic heterocycles. The molecule has 0 aliphatic carbocycles. The molecule has 0 bridgehead atoms. The van der Waals surface area contributed by atoms with Gasteiger partial charge in [-0.05, 0) is 25.5 Å². The predicted molar refractivity (Wildman–Crippen MR) is 55.0 cm³/mol. The summed E-state index contributed by atoms with van der Waals surface area (Å²) in [5.41, 5.74) is 0.781. The van der Waals surface area contributed by atoms with Gasteiger partial charge in [-0.25, -0.2) is 4.39 Å². The largest absolute Gasteiger partial charge is 0.300 e. The first kappa shape index (κ1) is 9.71. The molecule has 0 fully saturated rings. The van der Waals surface area contributed by atoms with E-state index in [1.807, 2.05) is 6.07 Å². The predicted octanol–water partition coefficient (Wildman–Crippen LogP) is 2.82. The van der Waals surface area contributed by atoms with Crippen molar-refractivity contribution >= 4 is 17.5 Å². The minimum absolute atomic E-state index is 0.138. The molecular weight excluding hydrogens is 199 g/mol. The Bertz CT molecular complexity index is 376. The number of carbonyl (C=O) groups is 1. The van der Waals surface area contributed by atoms with Crippen LogP contribution in [0.15, 0.2) is 23.1 Å². The van der Waals surface area contributed by atoms with Crippen LogP contribution in [-0.4, -0.2) is 11.0 Å². The van der Waals surface area contributed by atoms with Gasteiger partial charge in [0.1, 0.15) is 11.6 Å². The molecule has 0 amide bonds. The van der Waals surface area contributed by atoms with Crippen LogP contribution in [-0.2, 0) is 11.2 Å². The monoisotopic (exact) mass is 210 g/mol. The zero-order valence-corrected chi connectivity index (χ0v) is 8.73. The van der Waals surface area contributed by atoms with Gasteiger partial charge in [-0.2, -0.15) is 0 Å². The lowest BCUT2D eigenvalue weighted by molar-refractivity contribution is -0.116. The molecule has 1 unspecified atom stereocenters. The number of rotatable bonds is 2. The van der Waals surface area contributed by atoms with E-state index in [1.165, 1.54) is 6.07 Å². The van der Waals surface area contributed by atoms with Crippen molar-refractivity contribution in [2.24, 2.45) is 0 Å². The first-order valence-corrected chi connectivity index (χ1v) is 5.48. The Hall–Kier alpha value is -0.830. The molecule has 0 radical (unpaired) electrons. The van der Waals surface area contributed by atoms with Gasteiger partial charge in [0.2, 0.25) is 0 Å². The van der Waals surface area contributed by atoms with Gasteiger partial charge in [0.25, 0.3) is 0 Å². The van der Waals surface area contributed by atoms with Crippen molar-refractivity contribution in [2.75, 3.05) is 0 Å². The zero-order valence-electron chi connectivity index (χ0n) is 7.92. The minimum atomic E-state index is -0.138. The zero-order chi connectivity index (χ0) is 10.1. The summed E-state index contributed by atoms with van der Waals surface area (Å²) in [5, 5.41) is 0.236. The number of benzene rings is 1. The maximum Gasteiger partial charge on any atom is 0.130 e. The smallest absolute Gasteiger partial charge is 0.130 e. The number of hydrogen-bond acceptors (Lipinski definition) is 2. The standard InChI is InChI=1S/C11H11FOS/c1-7(13)5-8-6-9-10(12)3-2-4-11(9)14-8/h2-4,8H,5-6H2,1H3. The van der Waals surface area contributed by atoms with Crippen molar-refractivity contribution in [3.8, 4) is 0 Å². The fourth-order valence-electron chi connectivity index (χ4n) is 1.73. The maximum atomic E-state index is 13.3. The Kier molecular flexibility index (Phi) is 2.59. The fourth-order valence-corrected chi connectivity index (χ4v) is 3.14. The highest BCUT2D eigenvalue weighted by atomic mass is 32.2. The molecule has 1 aromatic carbocycles. The summed E-state index contributed by atoms with van der Waals surface area (Å²) in [6.07, 6.45) is 1.23. The summed E-state index contributed by atoms with van der Waals surface area (Å²) in [5.74, 6) is 0.0387. The first-order valence-electron chi connectivity index (χ1n) is 4.60. The van der Waals surface area contributed by atoms with Crippen LogP contribution < -0.4 is 0 Å². The van der Waals surface area contributed by atoms with E-state index < -0.39 is 0 Å². The number of carbonyl (C=O) groups excluding carboxylic acids is 1. The summed E-state index contributed by atoms with van der Waals surface area (Å²) in [6, 6.07) is 5.12. The third-order valence-electron chi connectivity index (χ3n) is 2.32. The van der Waals surface area contributed by atoms with Gasteiger partial charge in [0.05, 0.1) is 0 Å². The van der Waals surface area contributed by atoms with E-state index in [0.717, 1.165) is 10.5 Å². The summed E-state index contributed by atoms with van der Waals surface area (Å²) >= 11 is 1.62. The Morgan fingerprint density at radius 3 is 3.07 bits per heavy atom. The van der Waals surface area contributed by atoms with Gasteiger partial charge in [0, 0.05) is 22.1 Å². The van der Waals surface area contributed by atoms with Crippen LogP contribution in [0.3, 0.4) is 0 Å². The molecule has 0 saturated heterocycles. The lowest BCUT2D eigenvalue weighted by atomic mass is 10.1. The van der Waals surface area contributed by atoms with Crippen LogP contribution in [0, 0.1) is 5.82 Å². The van der Waals surface area contributed by atoms with Crippen LogP contribution in [0.4, 0.5) is 4.39 Å². The van der Waals surface area contributed by atoms with Crippen molar-refractivity contribution in [2.45, 2.75) is 29.9 Å². The second kappa shape index (κ2) is 3.73. The summed E-state index contributed by atoms with van der Waals surface area (Å²) in [7, 11) is 0. The van der Waals surface area contributed by atoms with E-state index in [1.54, 1.807) is 24.8 Å². The molecule has 3 heteroatoms. The van der Waals surface area contributed by atoms with Crippen LogP contribution in [0.2, 0.25) is 0 Å². The van der Waals surface area contributed by atoms with Gasteiger partial charge < -0.3 is 0 Å². The van der Waals surface area contributed by atoms with Gasteiger partial charge in [-0.15, -0.1) is 11.8 Å². The second-order valence-electron chi connectivity index (χ2n) is 3.57. The molecule has 74 valence electrons. The summed E-state index contributed by atoms with van der Waals surface area (Å²) in [6.45, 7) is 1.58. The molecule has 14 heavy (non-hydrogen) atoms. The second-order valence-corrected chi connectivity index (χ2v) is 4.91. The highest BCUT2D eigenvalue weighted by Gasteiger charge is 2.25. The van der Waals surface area contributed by atoms with Crippen molar-refractivity contribution < 1.29 is 9.18 Å². The molecule has 1 aromatic rings. The average Bonchev–Trinajstić information content (AvgIpc) is 2.47. The molecule has 0 spiro atoms. The molecule has 2 rings (SSSR count). The number of halogens is 1. The van der Waals surface area contributed by atoms with E-state index >= 15 is 0 Å². The summed E-state index contributed by atoms with van der Waals surface area (Å²) in [4.78, 5) is 11.9. The third-order valence-corrected chi connectivity index (χ3v) is 3.62. The van der Waals surface area contributed by atoms with Gasteiger partial charge in [-0.3, -0.25) is 4.79 Å². The number of Topliss-reactive ketones (excluding diaryl/α,β-unsaturated/α-hetero) is 1. The van der Waals surface area contributed by atoms with Gasteiger partial charge in [0.15, 0.2) is 0 Å². The van der Waals surface area contributed by atoms with E-state index in [9.17, 15) is 9.18 Å². The van der Waals surface area contributed by atoms with E-state index in [-0.39, 0.29) is 16.9 Å². The Morgan fingerprint density at radius 2 is 2.43 bits per heavy atom. The topological polar surface area (TPSA) is 17.1 Å². The molecule has 1 aliphatic heterocycles. The van der Waals surface area contributed by atoms with E-state index in [2.05, 4.69) is 0 Å². The number of thioether (sulfide) groups is 1. The van der Waals surface area contributed by atoms with Crippen LogP contribution >= 0.6 is 11.8 Å². The molecular formula is C11H11FOS. The quantitative estimate of drug-likeness (QED) is 0.746. The van der Waals surface area contributed by atoms with Crippen LogP contribution in [0.1, 0.15) is 18.9 Å². The summed E-state index contributed by atoms with van der Waals surface area (Å²) < 4.78 is 13.3. The minimum Gasteiger partial charge on any atom is -0.300 e. The Labute approximate surface area is 86.7 Å². The highest BCUT2D eigenvalue weighted by molar-refractivity contribution is 8.00. The lowest BCUT2D eigenvalue weighted by Crippen LogP contribution is -2.06. The lowest BCUT2D eigenvalue weighted by Gasteiger charge is -2.03. The van der Waals surface area contributed by atoms with Crippen molar-refractivity contribution in [3.63, 3.8) is 0 Å². The van der Waals surface area contributed by atoms with Gasteiger partial charge in [-0.1, -0.05) is 6.07 Å². The number of fused-ring (bicyclic) bond motifs is 1. The van der Waals surface area contributed by atoms with Crippen molar-refractivity contribution in [1.29, 1.82) is 0 Å². The normalized spacial score (nSPS) is 19.4. The highest BCUT2D eigenvalue weighted by Crippen LogP contribution is 2.39. The first-order chi connectivity index (χ1) is 6.66. The fraction of sp³-hybridized carbons (Fsp3) is 0.364. The van der Waals surface area contributed by atoms with Crippen molar-refractivity contribution in [1.82, 2.24) is 0 Å². The third kappa shape index (κ3) is 1.82. The molecule has 1 aliphatic rings. The van der Waals surface area contributed by atoms with Crippen molar-refractivity contribution in [3.05, 3.63) is 29.6 Å².